The largest absolute Gasteiger partial charge is 0.403 e. The number of halogens is 4. The number of nitro groups is 1. The fraction of sp³-hybridized carbons (Fsp3) is 0.400. The first kappa shape index (κ1) is 16.7. The zero-order valence-electron chi connectivity index (χ0n) is 9.18. The summed E-state index contributed by atoms with van der Waals surface area (Å²) in [6.45, 7) is 0. The molecule has 4 nitrogen and oxygen atoms in total. The van der Waals surface area contributed by atoms with Crippen LogP contribution in [0.5, 0.6) is 0 Å². The predicted molar refractivity (Wildman–Crippen MR) is 62.7 cm³/mol. The van der Waals surface area contributed by atoms with Crippen molar-refractivity contribution in [3.63, 3.8) is 0 Å². The Morgan fingerprint density at radius 3 is 2.50 bits per heavy atom. The van der Waals surface area contributed by atoms with E-state index in [1.165, 1.54) is 24.3 Å². The summed E-state index contributed by atoms with van der Waals surface area (Å²) in [5, 5.41) is 10.5. The Morgan fingerprint density at radius 2 is 2.00 bits per heavy atom. The second-order valence-corrected chi connectivity index (χ2v) is 3.61. The smallest absolute Gasteiger partial charge is 0.320 e. The molecule has 1 unspecified atom stereocenters. The first-order chi connectivity index (χ1) is 7.80. The topological polar surface area (TPSA) is 69.2 Å². The average molecular weight is 285 g/mol. The highest BCUT2D eigenvalue weighted by molar-refractivity contribution is 5.85. The quantitative estimate of drug-likeness (QED) is 0.683. The van der Waals surface area contributed by atoms with E-state index in [0.29, 0.717) is 5.56 Å². The summed E-state index contributed by atoms with van der Waals surface area (Å²) in [6, 6.07) is 3.61. The van der Waals surface area contributed by atoms with Crippen molar-refractivity contribution in [2.75, 3.05) is 0 Å². The molecule has 18 heavy (non-hydrogen) atoms. The molecular weight excluding hydrogens is 273 g/mol. The van der Waals surface area contributed by atoms with Crippen molar-refractivity contribution in [1.29, 1.82) is 0 Å². The third-order valence-corrected chi connectivity index (χ3v) is 2.29. The van der Waals surface area contributed by atoms with Crippen molar-refractivity contribution in [1.82, 2.24) is 0 Å². The second-order valence-electron chi connectivity index (χ2n) is 3.61. The zero-order valence-corrected chi connectivity index (χ0v) is 10.0. The number of hydrogen-bond acceptors (Lipinski definition) is 3. The number of benzene rings is 1. The second kappa shape index (κ2) is 6.55. The fourth-order valence-electron chi connectivity index (χ4n) is 1.31. The average Bonchev–Trinajstić information content (AvgIpc) is 2.25. The monoisotopic (exact) mass is 284 g/mol. The van der Waals surface area contributed by atoms with E-state index in [1.807, 2.05) is 0 Å². The number of alkyl halides is 3. The van der Waals surface area contributed by atoms with Crippen LogP contribution in [0.15, 0.2) is 24.3 Å². The Hall–Kier alpha value is -1.34. The van der Waals surface area contributed by atoms with Crippen LogP contribution in [-0.4, -0.2) is 17.1 Å². The molecule has 102 valence electrons. The molecule has 1 aromatic carbocycles. The lowest BCUT2D eigenvalue weighted by Crippen LogP contribution is -2.37. The van der Waals surface area contributed by atoms with Gasteiger partial charge in [-0.15, -0.1) is 12.4 Å². The van der Waals surface area contributed by atoms with Crippen molar-refractivity contribution in [2.45, 2.75) is 25.1 Å². The highest BCUT2D eigenvalue weighted by Gasteiger charge is 2.35. The standard InChI is InChI=1S/C10H11F3N2O2.ClH/c11-10(12,13)9(14)5-4-7-2-1-3-8(6-7)15(16)17;/h1-3,6,9H,4-5,14H2;1H. The lowest BCUT2D eigenvalue weighted by atomic mass is 10.1. The lowest BCUT2D eigenvalue weighted by Gasteiger charge is -2.14. The van der Waals surface area contributed by atoms with Gasteiger partial charge >= 0.3 is 6.18 Å². The van der Waals surface area contributed by atoms with Crippen LogP contribution in [-0.2, 0) is 6.42 Å². The highest BCUT2D eigenvalue weighted by atomic mass is 35.5. The van der Waals surface area contributed by atoms with E-state index in [1.54, 1.807) is 0 Å². The molecule has 1 aromatic rings. The number of rotatable bonds is 4. The van der Waals surface area contributed by atoms with E-state index in [0.717, 1.165) is 0 Å². The van der Waals surface area contributed by atoms with Gasteiger partial charge in [-0.25, -0.2) is 0 Å². The molecule has 1 atom stereocenters. The minimum atomic E-state index is -4.43. The maximum Gasteiger partial charge on any atom is 0.403 e. The van der Waals surface area contributed by atoms with Gasteiger partial charge in [0.2, 0.25) is 0 Å². The van der Waals surface area contributed by atoms with Gasteiger partial charge in [0.25, 0.3) is 5.69 Å². The molecule has 0 aliphatic heterocycles. The minimum absolute atomic E-state index is 0. The van der Waals surface area contributed by atoms with Crippen molar-refractivity contribution in [2.24, 2.45) is 5.73 Å². The summed E-state index contributed by atoms with van der Waals surface area (Å²) in [5.74, 6) is 0. The van der Waals surface area contributed by atoms with Crippen molar-refractivity contribution >= 4 is 18.1 Å². The summed E-state index contributed by atoms with van der Waals surface area (Å²) < 4.78 is 36.4. The summed E-state index contributed by atoms with van der Waals surface area (Å²) in [7, 11) is 0. The molecule has 0 radical (unpaired) electrons. The number of nitrogens with two attached hydrogens (primary N) is 1. The van der Waals surface area contributed by atoms with Crippen LogP contribution in [0.4, 0.5) is 18.9 Å². The molecule has 0 heterocycles. The number of hydrogen-bond donors (Lipinski definition) is 1. The van der Waals surface area contributed by atoms with Gasteiger partial charge in [0.15, 0.2) is 0 Å². The Bertz CT molecular complexity index is 412. The van der Waals surface area contributed by atoms with E-state index >= 15 is 0 Å². The molecule has 0 bridgehead atoms. The molecule has 0 aliphatic rings. The summed E-state index contributed by atoms with van der Waals surface area (Å²) in [4.78, 5) is 9.86. The Morgan fingerprint density at radius 1 is 1.39 bits per heavy atom. The molecule has 0 fully saturated rings. The van der Waals surface area contributed by atoms with Gasteiger partial charge in [-0.3, -0.25) is 10.1 Å². The number of nitrogens with zero attached hydrogens (tertiary/aromatic N) is 1. The van der Waals surface area contributed by atoms with Crippen LogP contribution in [0.2, 0.25) is 0 Å². The van der Waals surface area contributed by atoms with Gasteiger partial charge in [-0.1, -0.05) is 12.1 Å². The van der Waals surface area contributed by atoms with Crippen LogP contribution in [0.25, 0.3) is 0 Å². The van der Waals surface area contributed by atoms with Crippen LogP contribution in [0.1, 0.15) is 12.0 Å². The van der Waals surface area contributed by atoms with Gasteiger partial charge in [-0.2, -0.15) is 13.2 Å². The molecular formula is C10H12ClF3N2O2. The molecule has 0 saturated heterocycles. The summed E-state index contributed by atoms with van der Waals surface area (Å²) in [5.41, 5.74) is 5.27. The van der Waals surface area contributed by atoms with E-state index < -0.39 is 17.1 Å². The molecule has 2 N–H and O–H groups in total. The number of nitro benzene ring substituents is 1. The van der Waals surface area contributed by atoms with Gasteiger partial charge in [0.05, 0.1) is 4.92 Å². The Kier molecular flexibility index (Phi) is 6.07. The van der Waals surface area contributed by atoms with Crippen LogP contribution < -0.4 is 5.73 Å². The summed E-state index contributed by atoms with van der Waals surface area (Å²) in [6.07, 6.45) is -4.66. The van der Waals surface area contributed by atoms with E-state index in [4.69, 9.17) is 5.73 Å². The molecule has 8 heteroatoms. The van der Waals surface area contributed by atoms with Gasteiger partial charge in [-0.05, 0) is 18.4 Å². The fourth-order valence-corrected chi connectivity index (χ4v) is 1.31. The number of aryl methyl sites for hydroxylation is 1. The first-order valence-electron chi connectivity index (χ1n) is 4.86. The Balaban J connectivity index is 0.00000289. The van der Waals surface area contributed by atoms with E-state index in [-0.39, 0.29) is 30.9 Å². The number of non-ortho nitro benzene ring substituents is 1. The summed E-state index contributed by atoms with van der Waals surface area (Å²) >= 11 is 0. The van der Waals surface area contributed by atoms with Crippen molar-refractivity contribution < 1.29 is 18.1 Å². The molecule has 0 aliphatic carbocycles. The van der Waals surface area contributed by atoms with E-state index in [2.05, 4.69) is 0 Å². The first-order valence-corrected chi connectivity index (χ1v) is 4.86. The molecule has 1 rings (SSSR count). The maximum atomic E-state index is 12.1. The molecule has 0 saturated carbocycles. The Labute approximate surface area is 108 Å². The molecule has 0 amide bonds. The lowest BCUT2D eigenvalue weighted by molar-refractivity contribution is -0.384. The van der Waals surface area contributed by atoms with Gasteiger partial charge in [0, 0.05) is 12.1 Å². The van der Waals surface area contributed by atoms with Crippen molar-refractivity contribution in [3.05, 3.63) is 39.9 Å². The van der Waals surface area contributed by atoms with Gasteiger partial charge < -0.3 is 5.73 Å². The third kappa shape index (κ3) is 4.89. The zero-order chi connectivity index (χ0) is 13.1. The normalized spacial score (nSPS) is 12.7. The van der Waals surface area contributed by atoms with E-state index in [9.17, 15) is 23.3 Å². The molecule has 0 spiro atoms. The third-order valence-electron chi connectivity index (χ3n) is 2.29. The molecule has 0 aromatic heterocycles. The highest BCUT2D eigenvalue weighted by Crippen LogP contribution is 2.22. The van der Waals surface area contributed by atoms with Gasteiger partial charge in [0.1, 0.15) is 6.04 Å². The predicted octanol–water partition coefficient (Wildman–Crippen LogP) is 2.84. The maximum absolute atomic E-state index is 12.1. The minimum Gasteiger partial charge on any atom is -0.320 e. The SMILES string of the molecule is Cl.NC(CCc1cccc([N+](=O)[O-])c1)C(F)(F)F. The van der Waals surface area contributed by atoms with Crippen LogP contribution in [0, 0.1) is 10.1 Å². The van der Waals surface area contributed by atoms with Crippen molar-refractivity contribution in [3.8, 4) is 0 Å². The van der Waals surface area contributed by atoms with Crippen LogP contribution in [0.3, 0.4) is 0 Å². The van der Waals surface area contributed by atoms with Crippen LogP contribution >= 0.6 is 12.4 Å².